The number of rotatable bonds is 2. The maximum Gasteiger partial charge on any atom is 0.398 e. The van der Waals surface area contributed by atoms with Gasteiger partial charge < -0.3 is 4.90 Å². The fourth-order valence-electron chi connectivity index (χ4n) is 2.43. The van der Waals surface area contributed by atoms with Gasteiger partial charge in [-0.2, -0.15) is 13.2 Å². The van der Waals surface area contributed by atoms with Crippen LogP contribution in [0.1, 0.15) is 24.8 Å². The third-order valence-electron chi connectivity index (χ3n) is 3.93. The smallest absolute Gasteiger partial charge is 0.371 e. The summed E-state index contributed by atoms with van der Waals surface area (Å²) in [6.45, 7) is 2.04. The minimum absolute atomic E-state index is 0.236. The molecule has 1 aliphatic carbocycles. The minimum Gasteiger partial charge on any atom is -0.371 e. The van der Waals surface area contributed by atoms with Crippen LogP contribution in [0.4, 0.5) is 18.9 Å². The van der Waals surface area contributed by atoms with Crippen LogP contribution in [0.5, 0.6) is 0 Å². The monoisotopic (exact) mass is 241 g/mol. The van der Waals surface area contributed by atoms with Gasteiger partial charge in [-0.1, -0.05) is 12.1 Å². The van der Waals surface area contributed by atoms with Crippen molar-refractivity contribution < 1.29 is 13.2 Å². The van der Waals surface area contributed by atoms with Gasteiger partial charge in [-0.3, -0.25) is 0 Å². The summed E-state index contributed by atoms with van der Waals surface area (Å²) in [4.78, 5) is 2.18. The molecular weight excluding hydrogens is 227 g/mol. The number of alkyl halides is 3. The Kier molecular flexibility index (Phi) is 2.19. The van der Waals surface area contributed by atoms with E-state index in [1.165, 1.54) is 6.42 Å². The van der Waals surface area contributed by atoms with E-state index >= 15 is 0 Å². The van der Waals surface area contributed by atoms with Crippen LogP contribution >= 0.6 is 0 Å². The highest BCUT2D eigenvalue weighted by Crippen LogP contribution is 2.58. The number of hydrogen-bond donors (Lipinski definition) is 0. The summed E-state index contributed by atoms with van der Waals surface area (Å²) in [7, 11) is 0. The van der Waals surface area contributed by atoms with E-state index in [1.807, 2.05) is 12.1 Å². The van der Waals surface area contributed by atoms with Gasteiger partial charge in [0.2, 0.25) is 0 Å². The van der Waals surface area contributed by atoms with Crippen LogP contribution in [0.3, 0.4) is 0 Å². The maximum absolute atomic E-state index is 12.9. The van der Waals surface area contributed by atoms with Crippen LogP contribution in [0.15, 0.2) is 24.3 Å². The van der Waals surface area contributed by atoms with Gasteiger partial charge in [0.15, 0.2) is 0 Å². The van der Waals surface area contributed by atoms with Crippen LogP contribution < -0.4 is 4.90 Å². The summed E-state index contributed by atoms with van der Waals surface area (Å²) >= 11 is 0. The molecule has 1 aliphatic heterocycles. The standard InChI is InChI=1S/C13H14F3N/c14-13(15,16)12(6-7-12)10-2-4-11(5-3-10)17-8-1-9-17/h2-5H,1,6-9H2. The second-order valence-electron chi connectivity index (χ2n) is 4.97. The topological polar surface area (TPSA) is 3.24 Å². The summed E-state index contributed by atoms with van der Waals surface area (Å²) in [5, 5.41) is 0. The molecule has 2 fully saturated rings. The fourth-order valence-corrected chi connectivity index (χ4v) is 2.43. The first-order valence-electron chi connectivity index (χ1n) is 5.95. The zero-order chi connectivity index (χ0) is 12.1. The van der Waals surface area contributed by atoms with Gasteiger partial charge in [-0.25, -0.2) is 0 Å². The number of nitrogens with zero attached hydrogens (tertiary/aromatic N) is 1. The highest BCUT2D eigenvalue weighted by molar-refractivity contribution is 5.51. The van der Waals surface area contributed by atoms with Crippen LogP contribution in [-0.4, -0.2) is 19.3 Å². The highest BCUT2D eigenvalue weighted by Gasteiger charge is 2.64. The fraction of sp³-hybridized carbons (Fsp3) is 0.538. The Balaban J connectivity index is 1.85. The molecule has 1 aromatic carbocycles. The van der Waals surface area contributed by atoms with Crippen molar-refractivity contribution in [3.8, 4) is 0 Å². The van der Waals surface area contributed by atoms with Gasteiger partial charge in [0.25, 0.3) is 0 Å². The van der Waals surface area contributed by atoms with E-state index in [4.69, 9.17) is 0 Å². The largest absolute Gasteiger partial charge is 0.398 e. The van der Waals surface area contributed by atoms with Gasteiger partial charge in [0.05, 0.1) is 5.41 Å². The molecule has 3 rings (SSSR count). The quantitative estimate of drug-likeness (QED) is 0.766. The molecule has 0 amide bonds. The summed E-state index contributed by atoms with van der Waals surface area (Å²) in [5.74, 6) is 0. The molecule has 1 aromatic rings. The molecule has 1 nitrogen and oxygen atoms in total. The Morgan fingerprint density at radius 2 is 1.59 bits per heavy atom. The molecule has 0 bridgehead atoms. The molecule has 0 aromatic heterocycles. The SMILES string of the molecule is FC(F)(F)C1(c2ccc(N3CCC3)cc2)CC1. The second kappa shape index (κ2) is 3.40. The Hall–Kier alpha value is -1.19. The van der Waals surface area contributed by atoms with Crippen molar-refractivity contribution in [3.63, 3.8) is 0 Å². The zero-order valence-corrected chi connectivity index (χ0v) is 9.43. The second-order valence-corrected chi connectivity index (χ2v) is 4.97. The molecule has 4 heteroatoms. The van der Waals surface area contributed by atoms with Gasteiger partial charge in [-0.05, 0) is 37.0 Å². The van der Waals surface area contributed by atoms with E-state index in [-0.39, 0.29) is 12.8 Å². The third-order valence-corrected chi connectivity index (χ3v) is 3.93. The van der Waals surface area contributed by atoms with Crippen molar-refractivity contribution in [3.05, 3.63) is 29.8 Å². The van der Waals surface area contributed by atoms with E-state index in [1.54, 1.807) is 12.1 Å². The maximum atomic E-state index is 12.9. The molecule has 0 radical (unpaired) electrons. The van der Waals surface area contributed by atoms with E-state index in [0.29, 0.717) is 5.56 Å². The van der Waals surface area contributed by atoms with Crippen LogP contribution in [0.2, 0.25) is 0 Å². The lowest BCUT2D eigenvalue weighted by Gasteiger charge is -2.33. The third kappa shape index (κ3) is 1.61. The lowest BCUT2D eigenvalue weighted by atomic mass is 9.95. The number of anilines is 1. The summed E-state index contributed by atoms with van der Waals surface area (Å²) < 4.78 is 38.7. The average Bonchev–Trinajstić information content (AvgIpc) is 2.95. The Morgan fingerprint density at radius 3 is 1.94 bits per heavy atom. The summed E-state index contributed by atoms with van der Waals surface area (Å²) in [5.41, 5.74) is -0.0761. The molecule has 0 N–H and O–H groups in total. The first-order chi connectivity index (χ1) is 8.03. The molecule has 1 heterocycles. The Labute approximate surface area is 98.2 Å². The minimum atomic E-state index is -4.11. The Morgan fingerprint density at radius 1 is 1.00 bits per heavy atom. The van der Waals surface area contributed by atoms with Crippen LogP contribution in [0.25, 0.3) is 0 Å². The molecule has 0 unspecified atom stereocenters. The van der Waals surface area contributed by atoms with Crippen molar-refractivity contribution in [2.75, 3.05) is 18.0 Å². The predicted octanol–water partition coefficient (Wildman–Crippen LogP) is 3.49. The molecule has 2 aliphatic rings. The molecule has 0 atom stereocenters. The van der Waals surface area contributed by atoms with Gasteiger partial charge in [0, 0.05) is 18.8 Å². The molecule has 0 spiro atoms. The van der Waals surface area contributed by atoms with Crippen molar-refractivity contribution in [1.82, 2.24) is 0 Å². The number of benzene rings is 1. The van der Waals surface area contributed by atoms with Gasteiger partial charge in [-0.15, -0.1) is 0 Å². The molecule has 17 heavy (non-hydrogen) atoms. The van der Waals surface area contributed by atoms with E-state index in [2.05, 4.69) is 4.90 Å². The summed E-state index contributed by atoms with van der Waals surface area (Å²) in [6, 6.07) is 6.93. The van der Waals surface area contributed by atoms with Crippen molar-refractivity contribution >= 4 is 5.69 Å². The van der Waals surface area contributed by atoms with Crippen molar-refractivity contribution in [2.45, 2.75) is 30.9 Å². The van der Waals surface area contributed by atoms with E-state index < -0.39 is 11.6 Å². The van der Waals surface area contributed by atoms with Gasteiger partial charge >= 0.3 is 6.18 Å². The lowest BCUT2D eigenvalue weighted by Crippen LogP contribution is -2.37. The average molecular weight is 241 g/mol. The van der Waals surface area contributed by atoms with Crippen LogP contribution in [0, 0.1) is 0 Å². The van der Waals surface area contributed by atoms with E-state index in [9.17, 15) is 13.2 Å². The van der Waals surface area contributed by atoms with E-state index in [0.717, 1.165) is 18.8 Å². The lowest BCUT2D eigenvalue weighted by molar-refractivity contribution is -0.160. The number of halogens is 3. The van der Waals surface area contributed by atoms with Gasteiger partial charge in [0.1, 0.15) is 0 Å². The molecular formula is C13H14F3N. The normalized spacial score (nSPS) is 22.2. The van der Waals surface area contributed by atoms with Crippen molar-refractivity contribution in [1.29, 1.82) is 0 Å². The summed E-state index contributed by atoms with van der Waals surface area (Å²) in [6.07, 6.45) is -2.46. The first kappa shape index (κ1) is 10.9. The number of hydrogen-bond acceptors (Lipinski definition) is 1. The van der Waals surface area contributed by atoms with Crippen molar-refractivity contribution in [2.24, 2.45) is 0 Å². The predicted molar refractivity (Wildman–Crippen MR) is 60.2 cm³/mol. The molecule has 1 saturated heterocycles. The first-order valence-corrected chi connectivity index (χ1v) is 5.95. The Bertz CT molecular complexity index is 413. The molecule has 1 saturated carbocycles. The van der Waals surface area contributed by atoms with Crippen LogP contribution in [-0.2, 0) is 5.41 Å². The molecule has 92 valence electrons. The highest BCUT2D eigenvalue weighted by atomic mass is 19.4. The zero-order valence-electron chi connectivity index (χ0n) is 9.43.